The largest absolute Gasteiger partial charge is 0.396 e. The van der Waals surface area contributed by atoms with Crippen molar-refractivity contribution in [3.63, 3.8) is 0 Å². The third-order valence-electron chi connectivity index (χ3n) is 4.16. The van der Waals surface area contributed by atoms with E-state index in [9.17, 15) is 9.90 Å². The van der Waals surface area contributed by atoms with Crippen LogP contribution in [0.3, 0.4) is 0 Å². The lowest BCUT2D eigenvalue weighted by molar-refractivity contribution is -0.131. The average Bonchev–Trinajstić information content (AvgIpc) is 2.73. The number of hydrogen-bond acceptors (Lipinski definition) is 5. The van der Waals surface area contributed by atoms with E-state index in [1.807, 2.05) is 25.9 Å². The van der Waals surface area contributed by atoms with Gasteiger partial charge in [0.2, 0.25) is 5.91 Å². The lowest BCUT2D eigenvalue weighted by Crippen LogP contribution is -2.43. The highest BCUT2D eigenvalue weighted by molar-refractivity contribution is 5.78. The molecule has 118 valence electrons. The summed E-state index contributed by atoms with van der Waals surface area (Å²) in [7, 11) is 4.07. The molecule has 1 aliphatic rings. The van der Waals surface area contributed by atoms with Gasteiger partial charge in [0.05, 0.1) is 12.1 Å². The molecule has 0 bridgehead atoms. The van der Waals surface area contributed by atoms with Gasteiger partial charge in [-0.15, -0.1) is 0 Å². The standard InChI is InChI=1S/C15H25N3O3/c1-11-6-14(21-16-11)7-15(20)18-8-12(10-19)4-5-13(9-18)17(2)3/h6,12-13,19H,4-5,7-10H2,1-3H3/t12-,13+/m0/s1. The summed E-state index contributed by atoms with van der Waals surface area (Å²) < 4.78 is 5.13. The molecular weight excluding hydrogens is 270 g/mol. The number of aliphatic hydroxyl groups excluding tert-OH is 1. The fourth-order valence-corrected chi connectivity index (χ4v) is 2.79. The molecule has 0 radical (unpaired) electrons. The predicted octanol–water partition coefficient (Wildman–Crippen LogP) is 0.687. The molecule has 1 aromatic rings. The zero-order chi connectivity index (χ0) is 15.4. The molecule has 21 heavy (non-hydrogen) atoms. The van der Waals surface area contributed by atoms with Gasteiger partial charge in [0.25, 0.3) is 0 Å². The van der Waals surface area contributed by atoms with E-state index in [0.29, 0.717) is 24.9 Å². The predicted molar refractivity (Wildman–Crippen MR) is 78.8 cm³/mol. The van der Waals surface area contributed by atoms with Crippen molar-refractivity contribution < 1.29 is 14.4 Å². The summed E-state index contributed by atoms with van der Waals surface area (Å²) in [6, 6.07) is 2.13. The van der Waals surface area contributed by atoms with E-state index in [1.165, 1.54) is 0 Å². The first-order valence-electron chi connectivity index (χ1n) is 7.47. The summed E-state index contributed by atoms with van der Waals surface area (Å²) in [5.41, 5.74) is 0.785. The Hall–Kier alpha value is -1.40. The number of aliphatic hydroxyl groups is 1. The highest BCUT2D eigenvalue weighted by Gasteiger charge is 2.28. The van der Waals surface area contributed by atoms with Crippen LogP contribution in [0.15, 0.2) is 10.6 Å². The van der Waals surface area contributed by atoms with Crippen LogP contribution in [-0.2, 0) is 11.2 Å². The first kappa shape index (κ1) is 16.0. The molecule has 0 aromatic carbocycles. The molecular formula is C15H25N3O3. The minimum Gasteiger partial charge on any atom is -0.396 e. The van der Waals surface area contributed by atoms with E-state index >= 15 is 0 Å². The zero-order valence-electron chi connectivity index (χ0n) is 13.1. The van der Waals surface area contributed by atoms with E-state index in [0.717, 1.165) is 18.5 Å². The second-order valence-corrected chi connectivity index (χ2v) is 6.15. The maximum Gasteiger partial charge on any atom is 0.230 e. The second-order valence-electron chi connectivity index (χ2n) is 6.15. The van der Waals surface area contributed by atoms with Crippen molar-refractivity contribution in [1.29, 1.82) is 0 Å². The van der Waals surface area contributed by atoms with Gasteiger partial charge in [-0.1, -0.05) is 5.16 Å². The number of carbonyl (C=O) groups is 1. The fourth-order valence-electron chi connectivity index (χ4n) is 2.79. The van der Waals surface area contributed by atoms with Gasteiger partial charge >= 0.3 is 0 Å². The summed E-state index contributed by atoms with van der Waals surface area (Å²) in [5, 5.41) is 13.3. The third-order valence-corrected chi connectivity index (χ3v) is 4.16. The lowest BCUT2D eigenvalue weighted by Gasteiger charge is -2.28. The quantitative estimate of drug-likeness (QED) is 0.885. The monoisotopic (exact) mass is 295 g/mol. The molecule has 0 saturated carbocycles. The second kappa shape index (κ2) is 7.04. The summed E-state index contributed by atoms with van der Waals surface area (Å²) in [6.07, 6.45) is 2.19. The number of hydrogen-bond donors (Lipinski definition) is 1. The van der Waals surface area contributed by atoms with Crippen molar-refractivity contribution in [3.05, 3.63) is 17.5 Å². The third kappa shape index (κ3) is 4.28. The molecule has 1 aromatic heterocycles. The Bertz CT molecular complexity index is 472. The van der Waals surface area contributed by atoms with Crippen molar-refractivity contribution >= 4 is 5.91 Å². The molecule has 6 nitrogen and oxygen atoms in total. The Labute approximate surface area is 125 Å². The van der Waals surface area contributed by atoms with E-state index < -0.39 is 0 Å². The number of amides is 1. The summed E-state index contributed by atoms with van der Waals surface area (Å²) in [6.45, 7) is 3.29. The number of nitrogens with zero attached hydrogens (tertiary/aromatic N) is 3. The summed E-state index contributed by atoms with van der Waals surface area (Å²) in [4.78, 5) is 16.5. The summed E-state index contributed by atoms with van der Waals surface area (Å²) in [5.74, 6) is 0.803. The van der Waals surface area contributed by atoms with Crippen LogP contribution in [0.4, 0.5) is 0 Å². The van der Waals surface area contributed by atoms with Gasteiger partial charge in [0, 0.05) is 31.8 Å². The van der Waals surface area contributed by atoms with Crippen molar-refractivity contribution in [2.45, 2.75) is 32.2 Å². The number of rotatable bonds is 4. The van der Waals surface area contributed by atoms with Crippen LogP contribution in [0.2, 0.25) is 0 Å². The van der Waals surface area contributed by atoms with Crippen molar-refractivity contribution in [1.82, 2.24) is 15.0 Å². The molecule has 0 spiro atoms. The van der Waals surface area contributed by atoms with Gasteiger partial charge in [0.15, 0.2) is 0 Å². The number of likely N-dealkylation sites (tertiary alicyclic amines) is 1. The highest BCUT2D eigenvalue weighted by atomic mass is 16.5. The van der Waals surface area contributed by atoms with Crippen LogP contribution in [0.25, 0.3) is 0 Å². The van der Waals surface area contributed by atoms with E-state index in [4.69, 9.17) is 4.52 Å². The Morgan fingerprint density at radius 3 is 2.81 bits per heavy atom. The van der Waals surface area contributed by atoms with Crippen LogP contribution in [0.5, 0.6) is 0 Å². The Kier molecular flexibility index (Phi) is 5.36. The van der Waals surface area contributed by atoms with E-state index in [1.54, 1.807) is 6.07 Å². The van der Waals surface area contributed by atoms with Crippen LogP contribution in [0, 0.1) is 12.8 Å². The number of likely N-dealkylation sites (N-methyl/N-ethyl adjacent to an activating group) is 1. The smallest absolute Gasteiger partial charge is 0.230 e. The van der Waals surface area contributed by atoms with Gasteiger partial charge in [-0.25, -0.2) is 0 Å². The molecule has 2 atom stereocenters. The molecule has 2 heterocycles. The maximum atomic E-state index is 12.5. The molecule has 1 N–H and O–H groups in total. The van der Waals surface area contributed by atoms with Gasteiger partial charge in [0.1, 0.15) is 5.76 Å². The Morgan fingerprint density at radius 2 is 2.24 bits per heavy atom. The summed E-state index contributed by atoms with van der Waals surface area (Å²) >= 11 is 0. The molecule has 1 amide bonds. The maximum absolute atomic E-state index is 12.5. The first-order valence-corrected chi connectivity index (χ1v) is 7.47. The van der Waals surface area contributed by atoms with Gasteiger partial charge in [-0.05, 0) is 39.8 Å². The highest BCUT2D eigenvalue weighted by Crippen LogP contribution is 2.20. The topological polar surface area (TPSA) is 69.8 Å². The fraction of sp³-hybridized carbons (Fsp3) is 0.733. The number of aryl methyl sites for hydroxylation is 1. The van der Waals surface area contributed by atoms with Crippen LogP contribution in [0.1, 0.15) is 24.3 Å². The SMILES string of the molecule is Cc1cc(CC(=O)N2C[C@@H](CO)CC[C@@H](N(C)C)C2)on1. The molecule has 0 aliphatic carbocycles. The minimum atomic E-state index is 0.0401. The molecule has 1 aliphatic heterocycles. The molecule has 1 fully saturated rings. The molecule has 0 unspecified atom stereocenters. The molecule has 2 rings (SSSR count). The van der Waals surface area contributed by atoms with Gasteiger partial charge in [-0.3, -0.25) is 4.79 Å². The average molecular weight is 295 g/mol. The van der Waals surface area contributed by atoms with Crippen molar-refractivity contribution in [2.75, 3.05) is 33.8 Å². The van der Waals surface area contributed by atoms with Crippen molar-refractivity contribution in [2.24, 2.45) is 5.92 Å². The number of carbonyl (C=O) groups excluding carboxylic acids is 1. The van der Waals surface area contributed by atoms with Crippen LogP contribution >= 0.6 is 0 Å². The molecule has 1 saturated heterocycles. The van der Waals surface area contributed by atoms with Gasteiger partial charge in [-0.2, -0.15) is 0 Å². The van der Waals surface area contributed by atoms with Crippen LogP contribution < -0.4 is 0 Å². The number of aromatic nitrogens is 1. The Balaban J connectivity index is 2.04. The van der Waals surface area contributed by atoms with E-state index in [2.05, 4.69) is 10.1 Å². The first-order chi connectivity index (χ1) is 9.99. The van der Waals surface area contributed by atoms with E-state index in [-0.39, 0.29) is 24.9 Å². The molecule has 6 heteroatoms. The Morgan fingerprint density at radius 1 is 1.48 bits per heavy atom. The minimum absolute atomic E-state index is 0.0401. The van der Waals surface area contributed by atoms with Gasteiger partial charge < -0.3 is 19.4 Å². The van der Waals surface area contributed by atoms with Crippen molar-refractivity contribution in [3.8, 4) is 0 Å². The zero-order valence-corrected chi connectivity index (χ0v) is 13.1. The lowest BCUT2D eigenvalue weighted by atomic mass is 10.0. The van der Waals surface area contributed by atoms with Crippen LogP contribution in [-0.4, -0.2) is 65.8 Å². The normalized spacial score (nSPS) is 23.4.